The van der Waals surface area contributed by atoms with Crippen LogP contribution in [0.15, 0.2) is 51.8 Å². The number of aryl methyl sites for hydroxylation is 2. The van der Waals surface area contributed by atoms with Gasteiger partial charge in [0.25, 0.3) is 10.0 Å². The van der Waals surface area contributed by atoms with Crippen molar-refractivity contribution in [3.63, 3.8) is 0 Å². The Morgan fingerprint density at radius 1 is 1.14 bits per heavy atom. The van der Waals surface area contributed by atoms with Crippen molar-refractivity contribution in [2.75, 3.05) is 4.72 Å². The molecule has 2 N–H and O–H groups in total. The number of H-pyrrole nitrogens is 1. The standard InChI is InChI=1S/C15H15N3O3S/c1-10-8-13(17-16-10)14-9-15(11(2)21-14)22(19,20)18-12-6-4-3-5-7-12/h3-9,18H,1-2H3,(H,16,17). The SMILES string of the molecule is Cc1cc(-c2cc(S(=O)(=O)Nc3ccccc3)c(C)o2)n[nH]1. The lowest BCUT2D eigenvalue weighted by Crippen LogP contribution is -2.12. The Morgan fingerprint density at radius 2 is 1.86 bits per heavy atom. The molecule has 114 valence electrons. The topological polar surface area (TPSA) is 88.0 Å². The zero-order valence-corrected chi connectivity index (χ0v) is 12.9. The Hall–Kier alpha value is -2.54. The van der Waals surface area contributed by atoms with Crippen molar-refractivity contribution in [3.05, 3.63) is 53.9 Å². The van der Waals surface area contributed by atoms with E-state index in [-0.39, 0.29) is 4.90 Å². The van der Waals surface area contributed by atoms with E-state index in [4.69, 9.17) is 4.42 Å². The smallest absolute Gasteiger partial charge is 0.265 e. The number of aromatic amines is 1. The number of para-hydroxylation sites is 1. The molecule has 0 aliphatic carbocycles. The molecule has 2 heterocycles. The molecule has 7 heteroatoms. The summed E-state index contributed by atoms with van der Waals surface area (Å²) >= 11 is 0. The van der Waals surface area contributed by atoms with Crippen LogP contribution >= 0.6 is 0 Å². The number of anilines is 1. The lowest BCUT2D eigenvalue weighted by molar-refractivity contribution is 0.534. The molecule has 0 aliphatic heterocycles. The van der Waals surface area contributed by atoms with Crippen molar-refractivity contribution in [1.29, 1.82) is 0 Å². The summed E-state index contributed by atoms with van der Waals surface area (Å²) in [6.07, 6.45) is 0. The molecule has 0 saturated heterocycles. The fourth-order valence-electron chi connectivity index (χ4n) is 2.12. The predicted octanol–water partition coefficient (Wildman–Crippen LogP) is 3.09. The lowest BCUT2D eigenvalue weighted by atomic mass is 10.3. The Labute approximate surface area is 128 Å². The molecule has 0 amide bonds. The van der Waals surface area contributed by atoms with Crippen LogP contribution in [-0.2, 0) is 10.0 Å². The van der Waals surface area contributed by atoms with Gasteiger partial charge in [0.2, 0.25) is 0 Å². The molecule has 0 unspecified atom stereocenters. The van der Waals surface area contributed by atoms with Gasteiger partial charge in [0.1, 0.15) is 16.3 Å². The summed E-state index contributed by atoms with van der Waals surface area (Å²) in [6, 6.07) is 12.0. The van der Waals surface area contributed by atoms with Gasteiger partial charge in [0, 0.05) is 17.4 Å². The number of nitrogens with zero attached hydrogens (tertiary/aromatic N) is 1. The molecule has 3 aromatic rings. The first-order valence-corrected chi connectivity index (χ1v) is 8.15. The van der Waals surface area contributed by atoms with Gasteiger partial charge in [0.15, 0.2) is 5.76 Å². The summed E-state index contributed by atoms with van der Waals surface area (Å²) in [6.45, 7) is 3.48. The normalized spacial score (nSPS) is 11.5. The Bertz CT molecular complexity index is 895. The molecule has 0 aliphatic rings. The molecule has 0 bridgehead atoms. The van der Waals surface area contributed by atoms with Gasteiger partial charge in [-0.1, -0.05) is 18.2 Å². The first-order valence-electron chi connectivity index (χ1n) is 6.66. The Balaban J connectivity index is 1.96. The quantitative estimate of drug-likeness (QED) is 0.774. The van der Waals surface area contributed by atoms with Crippen LogP contribution in [0.2, 0.25) is 0 Å². The van der Waals surface area contributed by atoms with E-state index in [0.29, 0.717) is 22.9 Å². The van der Waals surface area contributed by atoms with E-state index in [2.05, 4.69) is 14.9 Å². The highest BCUT2D eigenvalue weighted by atomic mass is 32.2. The predicted molar refractivity (Wildman–Crippen MR) is 83.0 cm³/mol. The lowest BCUT2D eigenvalue weighted by Gasteiger charge is -2.06. The minimum absolute atomic E-state index is 0.104. The monoisotopic (exact) mass is 317 g/mol. The molecule has 0 saturated carbocycles. The second-order valence-corrected chi connectivity index (χ2v) is 6.59. The van der Waals surface area contributed by atoms with Crippen molar-refractivity contribution in [2.45, 2.75) is 18.7 Å². The van der Waals surface area contributed by atoms with Crippen LogP contribution in [0.25, 0.3) is 11.5 Å². The molecule has 0 spiro atoms. The minimum Gasteiger partial charge on any atom is -0.458 e. The van der Waals surface area contributed by atoms with Crippen LogP contribution in [-0.4, -0.2) is 18.6 Å². The molecule has 0 atom stereocenters. The maximum absolute atomic E-state index is 12.5. The number of sulfonamides is 1. The summed E-state index contributed by atoms with van der Waals surface area (Å²) in [4.78, 5) is 0.104. The summed E-state index contributed by atoms with van der Waals surface area (Å²) in [5.41, 5.74) is 1.94. The van der Waals surface area contributed by atoms with Gasteiger partial charge < -0.3 is 4.42 Å². The molecular formula is C15H15N3O3S. The van der Waals surface area contributed by atoms with Crippen molar-refractivity contribution >= 4 is 15.7 Å². The summed E-state index contributed by atoms with van der Waals surface area (Å²) in [5.74, 6) is 0.731. The fourth-order valence-corrected chi connectivity index (χ4v) is 3.36. The first kappa shape index (κ1) is 14.4. The van der Waals surface area contributed by atoms with E-state index in [9.17, 15) is 8.42 Å². The summed E-state index contributed by atoms with van der Waals surface area (Å²) in [7, 11) is -3.71. The van der Waals surface area contributed by atoms with E-state index < -0.39 is 10.0 Å². The maximum atomic E-state index is 12.5. The number of nitrogens with one attached hydrogen (secondary N) is 2. The van der Waals surface area contributed by atoms with Crippen LogP contribution in [0.1, 0.15) is 11.5 Å². The molecule has 6 nitrogen and oxygen atoms in total. The van der Waals surface area contributed by atoms with Crippen LogP contribution in [0.5, 0.6) is 0 Å². The van der Waals surface area contributed by atoms with Gasteiger partial charge in [-0.15, -0.1) is 0 Å². The van der Waals surface area contributed by atoms with Gasteiger partial charge in [-0.3, -0.25) is 9.82 Å². The molecule has 0 fully saturated rings. The fraction of sp³-hybridized carbons (Fsp3) is 0.133. The van der Waals surface area contributed by atoms with E-state index in [0.717, 1.165) is 5.69 Å². The third-order valence-corrected chi connectivity index (χ3v) is 4.63. The van der Waals surface area contributed by atoms with E-state index in [1.165, 1.54) is 6.07 Å². The third-order valence-electron chi connectivity index (χ3n) is 3.15. The zero-order valence-electron chi connectivity index (χ0n) is 12.1. The van der Waals surface area contributed by atoms with Gasteiger partial charge in [-0.05, 0) is 32.0 Å². The average Bonchev–Trinajstić information content (AvgIpc) is 3.06. The summed E-state index contributed by atoms with van der Waals surface area (Å²) in [5, 5.41) is 6.87. The highest BCUT2D eigenvalue weighted by Gasteiger charge is 2.22. The summed E-state index contributed by atoms with van der Waals surface area (Å²) < 4.78 is 33.0. The average molecular weight is 317 g/mol. The zero-order chi connectivity index (χ0) is 15.7. The van der Waals surface area contributed by atoms with Gasteiger partial charge in [-0.2, -0.15) is 5.10 Å². The maximum Gasteiger partial charge on any atom is 0.265 e. The van der Waals surface area contributed by atoms with Crippen LogP contribution in [0.3, 0.4) is 0 Å². The number of aromatic nitrogens is 2. The Kier molecular flexibility index (Phi) is 3.50. The van der Waals surface area contributed by atoms with E-state index in [1.54, 1.807) is 37.3 Å². The van der Waals surface area contributed by atoms with Gasteiger partial charge in [0.05, 0.1) is 0 Å². The van der Waals surface area contributed by atoms with Gasteiger partial charge in [-0.25, -0.2) is 8.42 Å². The molecule has 0 radical (unpaired) electrons. The highest BCUT2D eigenvalue weighted by molar-refractivity contribution is 7.92. The van der Waals surface area contributed by atoms with Crippen molar-refractivity contribution in [1.82, 2.24) is 10.2 Å². The number of furan rings is 1. The van der Waals surface area contributed by atoms with Crippen molar-refractivity contribution in [3.8, 4) is 11.5 Å². The van der Waals surface area contributed by atoms with Gasteiger partial charge >= 0.3 is 0 Å². The molecule has 1 aromatic carbocycles. The second kappa shape index (κ2) is 5.34. The van der Waals surface area contributed by atoms with Crippen LogP contribution < -0.4 is 4.72 Å². The number of benzene rings is 1. The largest absolute Gasteiger partial charge is 0.458 e. The van der Waals surface area contributed by atoms with E-state index in [1.807, 2.05) is 13.0 Å². The Morgan fingerprint density at radius 3 is 2.50 bits per heavy atom. The molecule has 2 aromatic heterocycles. The second-order valence-electron chi connectivity index (χ2n) is 4.94. The number of rotatable bonds is 4. The van der Waals surface area contributed by atoms with Crippen molar-refractivity contribution < 1.29 is 12.8 Å². The van der Waals surface area contributed by atoms with Crippen molar-refractivity contribution in [2.24, 2.45) is 0 Å². The molecular weight excluding hydrogens is 302 g/mol. The van der Waals surface area contributed by atoms with Crippen LogP contribution in [0, 0.1) is 13.8 Å². The number of hydrogen-bond acceptors (Lipinski definition) is 4. The molecule has 22 heavy (non-hydrogen) atoms. The third kappa shape index (κ3) is 2.75. The number of hydrogen-bond donors (Lipinski definition) is 2. The van der Waals surface area contributed by atoms with Crippen LogP contribution in [0.4, 0.5) is 5.69 Å². The minimum atomic E-state index is -3.71. The van der Waals surface area contributed by atoms with E-state index >= 15 is 0 Å². The highest BCUT2D eigenvalue weighted by Crippen LogP contribution is 2.28. The molecule has 3 rings (SSSR count). The first-order chi connectivity index (χ1) is 10.5.